The van der Waals surface area contributed by atoms with Gasteiger partial charge in [-0.1, -0.05) is 347 Å². The number of carbonyl (C=O) groups excluding carboxylic acids is 2. The molecule has 0 aliphatic rings. The average molecular weight is 1060 g/mol. The molecule has 1 amide bonds. The van der Waals surface area contributed by atoms with E-state index < -0.39 is 12.1 Å². The summed E-state index contributed by atoms with van der Waals surface area (Å²) in [6, 6.07) is -0.535. The number of nitrogens with one attached hydrogen (secondary N) is 1. The van der Waals surface area contributed by atoms with E-state index in [1.165, 1.54) is 315 Å². The summed E-state index contributed by atoms with van der Waals surface area (Å²) in [5.41, 5.74) is 0. The minimum atomic E-state index is -0.658. The van der Waals surface area contributed by atoms with Crippen LogP contribution in [0.1, 0.15) is 393 Å². The highest BCUT2D eigenvalue weighted by molar-refractivity contribution is 5.76. The number of allylic oxidation sites excluding steroid dienone is 2. The number of aliphatic hydroxyl groups excluding tert-OH is 2. The first-order chi connectivity index (χ1) is 37.0. The molecule has 0 saturated carbocycles. The Balaban J connectivity index is 3.28. The summed E-state index contributed by atoms with van der Waals surface area (Å²) in [5.74, 6) is -0.0159. The quantitative estimate of drug-likeness (QED) is 0.0320. The molecule has 0 saturated heterocycles. The van der Waals surface area contributed by atoms with E-state index in [-0.39, 0.29) is 18.5 Å². The average Bonchev–Trinajstić information content (AvgIpc) is 3.41. The predicted octanol–water partition coefficient (Wildman–Crippen LogP) is 22.0. The summed E-state index contributed by atoms with van der Waals surface area (Å²) in [6.07, 6.45) is 79.9. The first kappa shape index (κ1) is 73.6. The Morgan fingerprint density at radius 1 is 0.360 bits per heavy atom. The molecule has 0 aliphatic carbocycles. The van der Waals surface area contributed by atoms with E-state index in [1.54, 1.807) is 0 Å². The molecule has 75 heavy (non-hydrogen) atoms. The number of hydrogen-bond acceptors (Lipinski definition) is 5. The van der Waals surface area contributed by atoms with Crippen LogP contribution in [0.2, 0.25) is 0 Å². The smallest absolute Gasteiger partial charge is 0.305 e. The van der Waals surface area contributed by atoms with E-state index >= 15 is 0 Å². The number of carbonyl (C=O) groups is 2. The Morgan fingerprint density at radius 3 is 0.987 bits per heavy atom. The Kier molecular flexibility index (Phi) is 63.9. The first-order valence-electron chi connectivity index (χ1n) is 34.4. The Hall–Kier alpha value is -1.40. The van der Waals surface area contributed by atoms with Crippen molar-refractivity contribution >= 4 is 11.9 Å². The van der Waals surface area contributed by atoms with Gasteiger partial charge in [-0.15, -0.1) is 0 Å². The van der Waals surface area contributed by atoms with Crippen molar-refractivity contribution in [2.45, 2.75) is 405 Å². The van der Waals surface area contributed by atoms with Crippen molar-refractivity contribution in [3.8, 4) is 0 Å². The maximum atomic E-state index is 12.5. The summed E-state index contributed by atoms with van der Waals surface area (Å²) >= 11 is 0. The van der Waals surface area contributed by atoms with Crippen LogP contribution in [0.25, 0.3) is 0 Å². The summed E-state index contributed by atoms with van der Waals surface area (Å²) in [4.78, 5) is 24.5. The zero-order chi connectivity index (χ0) is 54.3. The van der Waals surface area contributed by atoms with Crippen molar-refractivity contribution in [1.82, 2.24) is 5.32 Å². The number of rotatable bonds is 65. The lowest BCUT2D eigenvalue weighted by Crippen LogP contribution is -2.45. The van der Waals surface area contributed by atoms with Crippen LogP contribution >= 0.6 is 0 Å². The molecule has 0 radical (unpaired) electrons. The highest BCUT2D eigenvalue weighted by Crippen LogP contribution is 2.19. The molecular weight excluding hydrogens is 923 g/mol. The van der Waals surface area contributed by atoms with Crippen LogP contribution in [0.3, 0.4) is 0 Å². The van der Waals surface area contributed by atoms with Crippen molar-refractivity contribution < 1.29 is 24.5 Å². The Morgan fingerprint density at radius 2 is 0.640 bits per heavy atom. The van der Waals surface area contributed by atoms with Crippen LogP contribution in [-0.2, 0) is 14.3 Å². The molecular formula is C69H135NO5. The van der Waals surface area contributed by atoms with E-state index in [9.17, 15) is 19.8 Å². The summed E-state index contributed by atoms with van der Waals surface area (Å²) in [6.45, 7) is 4.94. The van der Waals surface area contributed by atoms with E-state index in [1.807, 2.05) is 0 Å². The van der Waals surface area contributed by atoms with Gasteiger partial charge in [-0.2, -0.15) is 0 Å². The van der Waals surface area contributed by atoms with Gasteiger partial charge in [0.2, 0.25) is 5.91 Å². The highest BCUT2D eigenvalue weighted by Gasteiger charge is 2.20. The second kappa shape index (κ2) is 65.1. The molecule has 6 heteroatoms. The van der Waals surface area contributed by atoms with Gasteiger partial charge >= 0.3 is 5.97 Å². The number of ether oxygens (including phenoxy) is 1. The Bertz CT molecular complexity index is 1130. The van der Waals surface area contributed by atoms with Crippen molar-refractivity contribution in [3.63, 3.8) is 0 Å². The monoisotopic (exact) mass is 1060 g/mol. The third kappa shape index (κ3) is 61.7. The van der Waals surface area contributed by atoms with E-state index in [4.69, 9.17) is 4.74 Å². The molecule has 3 N–H and O–H groups in total. The van der Waals surface area contributed by atoms with Crippen LogP contribution in [0, 0.1) is 0 Å². The molecule has 0 aliphatic heterocycles. The molecule has 2 atom stereocenters. The fraction of sp³-hybridized carbons (Fsp3) is 0.942. The minimum absolute atomic E-state index is 0.0120. The maximum Gasteiger partial charge on any atom is 0.305 e. The van der Waals surface area contributed by atoms with Gasteiger partial charge in [0.15, 0.2) is 0 Å². The number of hydrogen-bond donors (Lipinski definition) is 3. The van der Waals surface area contributed by atoms with Gasteiger partial charge in [-0.05, 0) is 44.9 Å². The molecule has 0 spiro atoms. The second-order valence-electron chi connectivity index (χ2n) is 23.9. The summed E-state index contributed by atoms with van der Waals surface area (Å²) in [7, 11) is 0. The SMILES string of the molecule is CCCC/C=C\CCCCCCCC(=O)OCCCCCCCCCCCCCCCCCCCCCCCCCCCCCCCCCCCCCC(=O)NC(CO)C(O)CCCCCCCCCCCCCC. The van der Waals surface area contributed by atoms with Gasteiger partial charge in [0.1, 0.15) is 0 Å². The molecule has 0 aromatic heterocycles. The van der Waals surface area contributed by atoms with Gasteiger partial charge in [-0.3, -0.25) is 9.59 Å². The molecule has 0 heterocycles. The second-order valence-corrected chi connectivity index (χ2v) is 23.9. The molecule has 0 aromatic rings. The number of esters is 1. The fourth-order valence-electron chi connectivity index (χ4n) is 11.0. The lowest BCUT2D eigenvalue weighted by atomic mass is 10.0. The fourth-order valence-corrected chi connectivity index (χ4v) is 11.0. The van der Waals surface area contributed by atoms with E-state index in [0.29, 0.717) is 25.9 Å². The molecule has 0 fully saturated rings. The molecule has 446 valence electrons. The largest absolute Gasteiger partial charge is 0.466 e. The lowest BCUT2D eigenvalue weighted by molar-refractivity contribution is -0.143. The zero-order valence-electron chi connectivity index (χ0n) is 51.1. The molecule has 2 unspecified atom stereocenters. The van der Waals surface area contributed by atoms with Crippen molar-refractivity contribution in [2.24, 2.45) is 0 Å². The van der Waals surface area contributed by atoms with Crippen LogP contribution in [0.4, 0.5) is 0 Å². The van der Waals surface area contributed by atoms with Gasteiger partial charge < -0.3 is 20.3 Å². The van der Waals surface area contributed by atoms with Crippen LogP contribution < -0.4 is 5.32 Å². The van der Waals surface area contributed by atoms with Gasteiger partial charge in [0, 0.05) is 12.8 Å². The molecule has 0 rings (SSSR count). The zero-order valence-corrected chi connectivity index (χ0v) is 51.1. The number of aliphatic hydroxyl groups is 2. The van der Waals surface area contributed by atoms with Crippen LogP contribution in [0.5, 0.6) is 0 Å². The number of unbranched alkanes of at least 4 members (excludes halogenated alkanes) is 52. The first-order valence-corrected chi connectivity index (χ1v) is 34.4. The van der Waals surface area contributed by atoms with Crippen molar-refractivity contribution in [1.29, 1.82) is 0 Å². The maximum absolute atomic E-state index is 12.5. The number of amides is 1. The Labute approximate surface area is 469 Å². The molecule has 0 aromatic carbocycles. The highest BCUT2D eigenvalue weighted by atomic mass is 16.5. The molecule has 0 bridgehead atoms. The standard InChI is InChI=1S/C69H135NO5/c1-3-5-7-9-11-13-15-42-45-49-53-57-61-67(72)66(65-71)70-68(73)62-58-54-50-46-43-39-37-35-33-31-29-27-25-23-21-19-17-16-18-20-22-24-26-28-30-32-34-36-38-40-44-48-52-56-60-64-75-69(74)63-59-55-51-47-41-14-12-10-8-6-4-2/h10,12,66-67,71-72H,3-9,11,13-65H2,1-2H3,(H,70,73)/b12-10-. The van der Waals surface area contributed by atoms with E-state index in [0.717, 1.165) is 44.9 Å². The normalized spacial score (nSPS) is 12.5. The van der Waals surface area contributed by atoms with E-state index in [2.05, 4.69) is 31.3 Å². The lowest BCUT2D eigenvalue weighted by Gasteiger charge is -2.22. The third-order valence-electron chi connectivity index (χ3n) is 16.3. The summed E-state index contributed by atoms with van der Waals surface area (Å²) in [5, 5.41) is 23.3. The van der Waals surface area contributed by atoms with Crippen LogP contribution in [0.15, 0.2) is 12.2 Å². The van der Waals surface area contributed by atoms with Crippen LogP contribution in [-0.4, -0.2) is 47.4 Å². The van der Waals surface area contributed by atoms with Gasteiger partial charge in [0.05, 0.1) is 25.4 Å². The van der Waals surface area contributed by atoms with Gasteiger partial charge in [0.25, 0.3) is 0 Å². The molecule has 6 nitrogen and oxygen atoms in total. The predicted molar refractivity (Wildman–Crippen MR) is 329 cm³/mol. The summed E-state index contributed by atoms with van der Waals surface area (Å²) < 4.78 is 5.47. The topological polar surface area (TPSA) is 95.9 Å². The van der Waals surface area contributed by atoms with Gasteiger partial charge in [-0.25, -0.2) is 0 Å². The third-order valence-corrected chi connectivity index (χ3v) is 16.3. The van der Waals surface area contributed by atoms with Crippen molar-refractivity contribution in [2.75, 3.05) is 13.2 Å². The van der Waals surface area contributed by atoms with Crippen molar-refractivity contribution in [3.05, 3.63) is 12.2 Å². The minimum Gasteiger partial charge on any atom is -0.466 e.